The third-order valence-electron chi connectivity index (χ3n) is 7.69. The number of hydrogen-bond acceptors (Lipinski definition) is 8. The molecule has 4 aromatic rings. The molecule has 1 saturated heterocycles. The lowest BCUT2D eigenvalue weighted by molar-refractivity contribution is 0.0422. The molecule has 1 N–H and O–H groups in total. The van der Waals surface area contributed by atoms with Gasteiger partial charge in [0.25, 0.3) is 0 Å². The minimum absolute atomic E-state index is 0.237. The average molecular weight is 494 g/mol. The van der Waals surface area contributed by atoms with Crippen LogP contribution in [0.25, 0.3) is 16.8 Å². The highest BCUT2D eigenvalue weighted by molar-refractivity contribution is 7.09. The summed E-state index contributed by atoms with van der Waals surface area (Å²) in [5, 5.41) is 9.31. The Balaban J connectivity index is 1.22. The van der Waals surface area contributed by atoms with Gasteiger partial charge in [0.1, 0.15) is 17.4 Å². The molecular formula is C25H28FN7OS. The van der Waals surface area contributed by atoms with Crippen LogP contribution in [-0.4, -0.2) is 50.2 Å². The predicted molar refractivity (Wildman–Crippen MR) is 135 cm³/mol. The second kappa shape index (κ2) is 8.44. The number of nitrogens with zero attached hydrogens (tertiary/aromatic N) is 6. The van der Waals surface area contributed by atoms with Gasteiger partial charge >= 0.3 is 0 Å². The molecule has 3 unspecified atom stereocenters. The van der Waals surface area contributed by atoms with E-state index in [0.717, 1.165) is 35.2 Å². The Morgan fingerprint density at radius 1 is 1.23 bits per heavy atom. The van der Waals surface area contributed by atoms with Crippen molar-refractivity contribution in [1.29, 1.82) is 0 Å². The van der Waals surface area contributed by atoms with Gasteiger partial charge in [-0.25, -0.2) is 13.9 Å². The molecule has 10 heteroatoms. The molecule has 3 aromatic heterocycles. The van der Waals surface area contributed by atoms with Gasteiger partial charge in [-0.1, -0.05) is 0 Å². The Bertz CT molecular complexity index is 1390. The van der Waals surface area contributed by atoms with Gasteiger partial charge in [-0.3, -0.25) is 0 Å². The van der Waals surface area contributed by atoms with E-state index in [-0.39, 0.29) is 11.9 Å². The van der Waals surface area contributed by atoms with Crippen molar-refractivity contribution in [3.8, 4) is 16.9 Å². The SMILES string of the molecule is COc1cc(F)ccc1-c1cccn2nc(NC(C)C3CCC34CCN(c3nc(C)ns3)C4)nc12. The second-order valence-corrected chi connectivity index (χ2v) is 10.4. The lowest BCUT2D eigenvalue weighted by atomic mass is 9.57. The van der Waals surface area contributed by atoms with Gasteiger partial charge in [0.15, 0.2) is 5.65 Å². The van der Waals surface area contributed by atoms with Gasteiger partial charge in [-0.2, -0.15) is 9.36 Å². The summed E-state index contributed by atoms with van der Waals surface area (Å²) in [5.74, 6) is 2.13. The van der Waals surface area contributed by atoms with Crippen LogP contribution in [0.1, 0.15) is 32.0 Å². The number of rotatable bonds is 6. The van der Waals surface area contributed by atoms with E-state index in [2.05, 4.69) is 31.6 Å². The molecular weight excluding hydrogens is 465 g/mol. The first-order valence-corrected chi connectivity index (χ1v) is 12.7. The second-order valence-electron chi connectivity index (χ2n) is 9.71. The molecule has 35 heavy (non-hydrogen) atoms. The summed E-state index contributed by atoms with van der Waals surface area (Å²) in [6.07, 6.45) is 5.49. The molecule has 0 radical (unpaired) electrons. The van der Waals surface area contributed by atoms with Gasteiger partial charge in [-0.15, -0.1) is 5.10 Å². The molecule has 0 amide bonds. The molecule has 1 saturated carbocycles. The van der Waals surface area contributed by atoms with Gasteiger partial charge in [-0.05, 0) is 68.7 Å². The number of hydrogen-bond donors (Lipinski definition) is 1. The highest BCUT2D eigenvalue weighted by Gasteiger charge is 2.53. The zero-order valence-electron chi connectivity index (χ0n) is 20.0. The molecule has 4 heterocycles. The summed E-state index contributed by atoms with van der Waals surface area (Å²) < 4.78 is 25.3. The van der Waals surface area contributed by atoms with Gasteiger partial charge in [0.05, 0.1) is 7.11 Å². The summed E-state index contributed by atoms with van der Waals surface area (Å²) in [7, 11) is 1.54. The van der Waals surface area contributed by atoms with E-state index in [4.69, 9.17) is 9.72 Å². The lowest BCUT2D eigenvalue weighted by Gasteiger charge is -2.50. The minimum Gasteiger partial charge on any atom is -0.496 e. The quantitative estimate of drug-likeness (QED) is 0.413. The van der Waals surface area contributed by atoms with Crippen LogP contribution in [0, 0.1) is 24.1 Å². The molecule has 182 valence electrons. The standard InChI is InChI=1S/C25H28FN7OS/c1-15(20-8-9-25(20)10-12-32(14-25)24-28-16(2)31-35-24)27-23-29-22-19(5-4-11-33(22)30-23)18-7-6-17(26)13-21(18)34-3/h4-7,11,13,15,20H,8-10,12,14H2,1-3H3,(H,27,30). The van der Waals surface area contributed by atoms with E-state index in [1.807, 2.05) is 25.3 Å². The minimum atomic E-state index is -0.337. The smallest absolute Gasteiger partial charge is 0.243 e. The third-order valence-corrected chi connectivity index (χ3v) is 8.56. The molecule has 2 fully saturated rings. The van der Waals surface area contributed by atoms with E-state index in [9.17, 15) is 4.39 Å². The van der Waals surface area contributed by atoms with E-state index in [1.165, 1.54) is 42.9 Å². The number of aromatic nitrogens is 5. The van der Waals surface area contributed by atoms with Crippen LogP contribution in [0.4, 0.5) is 15.5 Å². The van der Waals surface area contributed by atoms with Crippen LogP contribution in [-0.2, 0) is 0 Å². The number of aryl methyl sites for hydroxylation is 1. The van der Waals surface area contributed by atoms with Crippen LogP contribution in [0.15, 0.2) is 36.5 Å². The van der Waals surface area contributed by atoms with Crippen molar-refractivity contribution in [3.63, 3.8) is 0 Å². The zero-order chi connectivity index (χ0) is 24.2. The van der Waals surface area contributed by atoms with Crippen molar-refractivity contribution in [2.24, 2.45) is 11.3 Å². The van der Waals surface area contributed by atoms with Crippen molar-refractivity contribution in [3.05, 3.63) is 48.2 Å². The Morgan fingerprint density at radius 3 is 2.86 bits per heavy atom. The molecule has 3 atom stereocenters. The van der Waals surface area contributed by atoms with E-state index < -0.39 is 0 Å². The maximum atomic E-state index is 13.7. The Labute approximate surface area is 207 Å². The lowest BCUT2D eigenvalue weighted by Crippen LogP contribution is -2.49. The molecule has 6 rings (SSSR count). The molecule has 1 spiro atoms. The highest BCUT2D eigenvalue weighted by atomic mass is 32.1. The number of methoxy groups -OCH3 is 1. The van der Waals surface area contributed by atoms with Crippen molar-refractivity contribution in [2.75, 3.05) is 30.4 Å². The zero-order valence-corrected chi connectivity index (χ0v) is 20.8. The maximum absolute atomic E-state index is 13.7. The fraction of sp³-hybridized carbons (Fsp3) is 0.440. The number of pyridine rings is 1. The van der Waals surface area contributed by atoms with Crippen LogP contribution in [0.2, 0.25) is 0 Å². The van der Waals surface area contributed by atoms with Gasteiger partial charge in [0, 0.05) is 54.1 Å². The summed E-state index contributed by atoms with van der Waals surface area (Å²) in [5.41, 5.74) is 2.63. The van der Waals surface area contributed by atoms with Crippen LogP contribution in [0.3, 0.4) is 0 Å². The molecule has 1 aliphatic heterocycles. The highest BCUT2D eigenvalue weighted by Crippen LogP contribution is 2.55. The summed E-state index contributed by atoms with van der Waals surface area (Å²) >= 11 is 1.50. The molecule has 0 bridgehead atoms. The fourth-order valence-electron chi connectivity index (χ4n) is 5.85. The Kier molecular flexibility index (Phi) is 5.36. The fourth-order valence-corrected chi connectivity index (χ4v) is 6.55. The van der Waals surface area contributed by atoms with Crippen molar-refractivity contribution < 1.29 is 9.13 Å². The summed E-state index contributed by atoms with van der Waals surface area (Å²) in [6, 6.07) is 8.65. The summed E-state index contributed by atoms with van der Waals surface area (Å²) in [4.78, 5) is 11.8. The number of anilines is 2. The monoisotopic (exact) mass is 493 g/mol. The number of benzene rings is 1. The number of ether oxygens (including phenoxy) is 1. The first-order valence-electron chi connectivity index (χ1n) is 12.0. The van der Waals surface area contributed by atoms with E-state index in [0.29, 0.717) is 28.7 Å². The third kappa shape index (κ3) is 3.80. The normalized spacial score (nSPS) is 22.5. The molecule has 8 nitrogen and oxygen atoms in total. The number of nitrogens with one attached hydrogen (secondary N) is 1. The largest absolute Gasteiger partial charge is 0.496 e. The molecule has 1 aromatic carbocycles. The first-order chi connectivity index (χ1) is 17.0. The van der Waals surface area contributed by atoms with Gasteiger partial charge in [0.2, 0.25) is 11.1 Å². The van der Waals surface area contributed by atoms with Crippen LogP contribution < -0.4 is 15.0 Å². The van der Waals surface area contributed by atoms with Crippen molar-refractivity contribution >= 4 is 28.3 Å². The summed E-state index contributed by atoms with van der Waals surface area (Å²) in [6.45, 7) is 6.25. The van der Waals surface area contributed by atoms with Gasteiger partial charge < -0.3 is 15.0 Å². The van der Waals surface area contributed by atoms with Crippen LogP contribution >= 0.6 is 11.5 Å². The van der Waals surface area contributed by atoms with E-state index >= 15 is 0 Å². The first kappa shape index (κ1) is 22.2. The Hall–Kier alpha value is -3.27. The number of halogens is 1. The predicted octanol–water partition coefficient (Wildman–Crippen LogP) is 4.81. The van der Waals surface area contributed by atoms with Crippen molar-refractivity contribution in [1.82, 2.24) is 24.0 Å². The topological polar surface area (TPSA) is 80.5 Å². The van der Waals surface area contributed by atoms with Crippen LogP contribution in [0.5, 0.6) is 5.75 Å². The van der Waals surface area contributed by atoms with Crippen molar-refractivity contribution in [2.45, 2.75) is 39.2 Å². The Morgan fingerprint density at radius 2 is 2.11 bits per heavy atom. The molecule has 1 aliphatic carbocycles. The van der Waals surface area contributed by atoms with E-state index in [1.54, 1.807) is 17.7 Å². The maximum Gasteiger partial charge on any atom is 0.243 e. The molecule has 2 aliphatic rings. The average Bonchev–Trinajstić information content (AvgIpc) is 3.56. The number of fused-ring (bicyclic) bond motifs is 1.